The number of aliphatic hydroxyl groups excluding tert-OH is 1. The van der Waals surface area contributed by atoms with Gasteiger partial charge in [-0.2, -0.15) is 13.2 Å². The normalized spacial score (nSPS) is 13.5. The van der Waals surface area contributed by atoms with Crippen LogP contribution in [-0.2, 0) is 11.3 Å². The molecule has 0 radical (unpaired) electrons. The lowest BCUT2D eigenvalue weighted by atomic mass is 10.1. The first-order valence-corrected chi connectivity index (χ1v) is 6.36. The molecule has 1 atom stereocenters. The summed E-state index contributed by atoms with van der Waals surface area (Å²) in [5.41, 5.74) is 1.08. The van der Waals surface area contributed by atoms with Crippen LogP contribution in [0.3, 0.4) is 0 Å². The first kappa shape index (κ1) is 16.0. The van der Waals surface area contributed by atoms with Gasteiger partial charge in [-0.05, 0) is 18.4 Å². The summed E-state index contributed by atoms with van der Waals surface area (Å²) in [4.78, 5) is 0. The van der Waals surface area contributed by atoms with Crippen LogP contribution in [0.5, 0.6) is 0 Å². The van der Waals surface area contributed by atoms with Crippen molar-refractivity contribution in [3.63, 3.8) is 0 Å². The number of ether oxygens (including phenoxy) is 1. The van der Waals surface area contributed by atoms with Gasteiger partial charge in [0, 0.05) is 6.61 Å². The Morgan fingerprint density at radius 2 is 1.74 bits per heavy atom. The molecule has 0 heterocycles. The second-order valence-corrected chi connectivity index (χ2v) is 4.44. The van der Waals surface area contributed by atoms with Gasteiger partial charge in [0.2, 0.25) is 0 Å². The second-order valence-electron chi connectivity index (χ2n) is 4.44. The number of hydrogen-bond donors (Lipinski definition) is 1. The van der Waals surface area contributed by atoms with Crippen molar-refractivity contribution in [3.8, 4) is 0 Å². The SMILES string of the molecule is O[C@@H](CCCCCOCc1ccccc1)C(F)(F)F. The van der Waals surface area contributed by atoms with Gasteiger partial charge in [-0.15, -0.1) is 0 Å². The van der Waals surface area contributed by atoms with Crippen molar-refractivity contribution in [1.29, 1.82) is 0 Å². The molecule has 19 heavy (non-hydrogen) atoms. The quantitative estimate of drug-likeness (QED) is 0.734. The molecule has 108 valence electrons. The second kappa shape index (κ2) is 8.17. The highest BCUT2D eigenvalue weighted by atomic mass is 19.4. The first-order chi connectivity index (χ1) is 9.00. The van der Waals surface area contributed by atoms with Crippen LogP contribution in [-0.4, -0.2) is 24.0 Å². The Hall–Kier alpha value is -1.07. The molecule has 5 heteroatoms. The lowest BCUT2D eigenvalue weighted by Gasteiger charge is -2.13. The third kappa shape index (κ3) is 7.18. The predicted octanol–water partition coefficient (Wildman–Crippen LogP) is 3.69. The molecule has 0 spiro atoms. The summed E-state index contributed by atoms with van der Waals surface area (Å²) in [7, 11) is 0. The molecular weight excluding hydrogens is 257 g/mol. The fourth-order valence-electron chi connectivity index (χ4n) is 1.65. The largest absolute Gasteiger partial charge is 0.414 e. The van der Waals surface area contributed by atoms with E-state index in [1.165, 1.54) is 0 Å². The van der Waals surface area contributed by atoms with E-state index in [-0.39, 0.29) is 6.42 Å². The van der Waals surface area contributed by atoms with Gasteiger partial charge < -0.3 is 9.84 Å². The van der Waals surface area contributed by atoms with Gasteiger partial charge in [-0.3, -0.25) is 0 Å². The maximum atomic E-state index is 12.0. The number of unbranched alkanes of at least 4 members (excludes halogenated alkanes) is 2. The zero-order chi connectivity index (χ0) is 14.1. The van der Waals surface area contributed by atoms with Crippen LogP contribution in [0, 0.1) is 0 Å². The average Bonchev–Trinajstić information content (AvgIpc) is 2.37. The maximum Gasteiger partial charge on any atom is 0.414 e. The minimum Gasteiger partial charge on any atom is -0.384 e. The third-order valence-electron chi connectivity index (χ3n) is 2.76. The summed E-state index contributed by atoms with van der Waals surface area (Å²) < 4.78 is 41.4. The number of rotatable bonds is 8. The average molecular weight is 276 g/mol. The van der Waals surface area contributed by atoms with E-state index in [0.29, 0.717) is 32.5 Å². The number of hydrogen-bond acceptors (Lipinski definition) is 2. The molecule has 1 aromatic rings. The Morgan fingerprint density at radius 1 is 1.05 bits per heavy atom. The van der Waals surface area contributed by atoms with E-state index in [1.54, 1.807) is 0 Å². The molecule has 1 aromatic carbocycles. The highest BCUT2D eigenvalue weighted by molar-refractivity contribution is 5.13. The Labute approximate surface area is 111 Å². The first-order valence-electron chi connectivity index (χ1n) is 6.36. The van der Waals surface area contributed by atoms with Crippen molar-refractivity contribution in [2.24, 2.45) is 0 Å². The molecule has 2 nitrogen and oxygen atoms in total. The van der Waals surface area contributed by atoms with Gasteiger partial charge in [0.1, 0.15) is 6.10 Å². The predicted molar refractivity (Wildman–Crippen MR) is 66.6 cm³/mol. The summed E-state index contributed by atoms with van der Waals surface area (Å²) in [5.74, 6) is 0. The molecule has 0 aliphatic heterocycles. The van der Waals surface area contributed by atoms with Crippen LogP contribution >= 0.6 is 0 Å². The number of halogens is 3. The molecule has 1 rings (SSSR count). The van der Waals surface area contributed by atoms with Crippen molar-refractivity contribution >= 4 is 0 Å². The summed E-state index contributed by atoms with van der Waals surface area (Å²) in [5, 5.41) is 8.78. The smallest absolute Gasteiger partial charge is 0.384 e. The maximum absolute atomic E-state index is 12.0. The molecule has 0 amide bonds. The molecule has 0 unspecified atom stereocenters. The van der Waals surface area contributed by atoms with Gasteiger partial charge in [-0.25, -0.2) is 0 Å². The van der Waals surface area contributed by atoms with Crippen molar-refractivity contribution < 1.29 is 23.0 Å². The van der Waals surface area contributed by atoms with E-state index >= 15 is 0 Å². The summed E-state index contributed by atoms with van der Waals surface area (Å²) in [6.45, 7) is 1.04. The van der Waals surface area contributed by atoms with E-state index in [9.17, 15) is 13.2 Å². The Bertz CT molecular complexity index is 338. The summed E-state index contributed by atoms with van der Waals surface area (Å²) >= 11 is 0. The molecule has 0 saturated heterocycles. The molecular formula is C14H19F3O2. The van der Waals surface area contributed by atoms with Gasteiger partial charge in [0.15, 0.2) is 0 Å². The van der Waals surface area contributed by atoms with Gasteiger partial charge in [-0.1, -0.05) is 43.2 Å². The molecule has 0 aliphatic carbocycles. The lowest BCUT2D eigenvalue weighted by molar-refractivity contribution is -0.205. The molecule has 0 aliphatic rings. The molecule has 0 aromatic heterocycles. The zero-order valence-corrected chi connectivity index (χ0v) is 10.7. The topological polar surface area (TPSA) is 29.5 Å². The highest BCUT2D eigenvalue weighted by Gasteiger charge is 2.37. The van der Waals surface area contributed by atoms with Crippen molar-refractivity contribution in [3.05, 3.63) is 35.9 Å². The van der Waals surface area contributed by atoms with Crippen LogP contribution in [0.4, 0.5) is 13.2 Å². The van der Waals surface area contributed by atoms with E-state index in [2.05, 4.69) is 0 Å². The van der Waals surface area contributed by atoms with Crippen LogP contribution in [0.1, 0.15) is 31.2 Å². The van der Waals surface area contributed by atoms with Crippen molar-refractivity contribution in [2.75, 3.05) is 6.61 Å². The van der Waals surface area contributed by atoms with Crippen LogP contribution in [0.15, 0.2) is 30.3 Å². The van der Waals surface area contributed by atoms with Gasteiger partial charge in [0.25, 0.3) is 0 Å². The fraction of sp³-hybridized carbons (Fsp3) is 0.571. The fourth-order valence-corrected chi connectivity index (χ4v) is 1.65. The van der Waals surface area contributed by atoms with Crippen LogP contribution in [0.25, 0.3) is 0 Å². The van der Waals surface area contributed by atoms with E-state index in [4.69, 9.17) is 9.84 Å². The van der Waals surface area contributed by atoms with E-state index in [1.807, 2.05) is 30.3 Å². The highest BCUT2D eigenvalue weighted by Crippen LogP contribution is 2.23. The number of aliphatic hydroxyl groups is 1. The zero-order valence-electron chi connectivity index (χ0n) is 10.7. The summed E-state index contributed by atoms with van der Waals surface area (Å²) in [6, 6.07) is 9.70. The Kier molecular flexibility index (Phi) is 6.87. The Morgan fingerprint density at radius 3 is 2.37 bits per heavy atom. The monoisotopic (exact) mass is 276 g/mol. The van der Waals surface area contributed by atoms with Gasteiger partial charge >= 0.3 is 6.18 Å². The van der Waals surface area contributed by atoms with Crippen LogP contribution < -0.4 is 0 Å². The number of benzene rings is 1. The molecule has 0 saturated carbocycles. The third-order valence-corrected chi connectivity index (χ3v) is 2.76. The number of alkyl halides is 3. The molecule has 0 fully saturated rings. The van der Waals surface area contributed by atoms with Crippen molar-refractivity contribution in [1.82, 2.24) is 0 Å². The standard InChI is InChI=1S/C14H19F3O2/c15-14(16,17)13(18)9-5-2-6-10-19-11-12-7-3-1-4-8-12/h1,3-4,7-8,13,18H,2,5-6,9-11H2/t13-/m0/s1. The summed E-state index contributed by atoms with van der Waals surface area (Å²) in [6.07, 6.45) is -5.24. The Balaban J connectivity index is 1.97. The molecule has 0 bridgehead atoms. The molecule has 1 N–H and O–H groups in total. The van der Waals surface area contributed by atoms with E-state index in [0.717, 1.165) is 5.56 Å². The van der Waals surface area contributed by atoms with Gasteiger partial charge in [0.05, 0.1) is 6.61 Å². The minimum absolute atomic E-state index is 0.234. The van der Waals surface area contributed by atoms with E-state index < -0.39 is 12.3 Å². The van der Waals surface area contributed by atoms with Crippen LogP contribution in [0.2, 0.25) is 0 Å². The van der Waals surface area contributed by atoms with Crippen molar-refractivity contribution in [2.45, 2.75) is 44.6 Å². The minimum atomic E-state index is -4.50. The lowest BCUT2D eigenvalue weighted by Crippen LogP contribution is -2.28.